The molecule has 1 N–H and O–H groups in total. The predicted molar refractivity (Wildman–Crippen MR) is 73.5 cm³/mol. The molecule has 0 saturated heterocycles. The van der Waals surface area contributed by atoms with Gasteiger partial charge in [-0.25, -0.2) is 0 Å². The highest BCUT2D eigenvalue weighted by atomic mass is 15.3. The fraction of sp³-hybridized carbons (Fsp3) is 0.857. The molecular formula is C14H26N4. The zero-order valence-electron chi connectivity index (χ0n) is 11.8. The molecule has 2 heterocycles. The van der Waals surface area contributed by atoms with E-state index in [0.29, 0.717) is 6.04 Å². The van der Waals surface area contributed by atoms with Gasteiger partial charge in [-0.3, -0.25) is 0 Å². The molecule has 0 aromatic carbocycles. The summed E-state index contributed by atoms with van der Waals surface area (Å²) in [5.74, 6) is 2.30. The first kappa shape index (κ1) is 13.5. The third-order valence-corrected chi connectivity index (χ3v) is 3.78. The lowest BCUT2D eigenvalue weighted by Gasteiger charge is -2.21. The van der Waals surface area contributed by atoms with Gasteiger partial charge in [-0.1, -0.05) is 39.0 Å². The second-order valence-electron chi connectivity index (χ2n) is 5.32. The van der Waals surface area contributed by atoms with Crippen LogP contribution >= 0.6 is 0 Å². The number of aryl methyl sites for hydroxylation is 1. The van der Waals surface area contributed by atoms with Crippen molar-refractivity contribution >= 4 is 0 Å². The molecule has 102 valence electrons. The van der Waals surface area contributed by atoms with E-state index in [1.54, 1.807) is 0 Å². The maximum absolute atomic E-state index is 4.36. The van der Waals surface area contributed by atoms with Crippen LogP contribution < -0.4 is 5.32 Å². The van der Waals surface area contributed by atoms with Crippen LogP contribution in [0.4, 0.5) is 0 Å². The Labute approximate surface area is 110 Å². The van der Waals surface area contributed by atoms with E-state index in [-0.39, 0.29) is 0 Å². The summed E-state index contributed by atoms with van der Waals surface area (Å²) in [6, 6.07) is 0.351. The fourth-order valence-electron chi connectivity index (χ4n) is 2.65. The summed E-state index contributed by atoms with van der Waals surface area (Å²) in [5, 5.41) is 12.1. The van der Waals surface area contributed by atoms with Crippen molar-refractivity contribution in [1.29, 1.82) is 0 Å². The first-order chi connectivity index (χ1) is 8.83. The molecule has 1 atom stereocenters. The zero-order chi connectivity index (χ0) is 12.8. The number of hydrogen-bond donors (Lipinski definition) is 1. The predicted octanol–water partition coefficient (Wildman–Crippen LogP) is 2.85. The smallest absolute Gasteiger partial charge is 0.149 e. The highest BCUT2D eigenvalue weighted by molar-refractivity contribution is 5.03. The standard InChI is InChI=1S/C14H26N4/c1-3-4-5-6-7-8-9-13-16-17-14-12(2)15-10-11-18(13)14/h12,15H,3-11H2,1-2H3. The van der Waals surface area contributed by atoms with Crippen molar-refractivity contribution < 1.29 is 0 Å². The van der Waals surface area contributed by atoms with Crippen molar-refractivity contribution in [1.82, 2.24) is 20.1 Å². The molecule has 0 radical (unpaired) electrons. The van der Waals surface area contributed by atoms with Gasteiger partial charge in [0, 0.05) is 19.5 Å². The minimum absolute atomic E-state index is 0.351. The van der Waals surface area contributed by atoms with Crippen molar-refractivity contribution in [2.45, 2.75) is 71.4 Å². The number of nitrogens with one attached hydrogen (secondary N) is 1. The normalized spacial score (nSPS) is 18.9. The van der Waals surface area contributed by atoms with Crippen molar-refractivity contribution in [3.63, 3.8) is 0 Å². The molecule has 0 bridgehead atoms. The van der Waals surface area contributed by atoms with Gasteiger partial charge >= 0.3 is 0 Å². The second kappa shape index (κ2) is 6.88. The molecule has 0 aliphatic carbocycles. The van der Waals surface area contributed by atoms with Gasteiger partial charge in [-0.15, -0.1) is 10.2 Å². The Balaban J connectivity index is 1.76. The monoisotopic (exact) mass is 250 g/mol. The Hall–Kier alpha value is -0.900. The molecule has 1 unspecified atom stereocenters. The molecule has 0 saturated carbocycles. The zero-order valence-corrected chi connectivity index (χ0v) is 11.8. The first-order valence-corrected chi connectivity index (χ1v) is 7.48. The van der Waals surface area contributed by atoms with Crippen molar-refractivity contribution in [2.75, 3.05) is 6.54 Å². The van der Waals surface area contributed by atoms with Crippen LogP contribution in [0.15, 0.2) is 0 Å². The topological polar surface area (TPSA) is 42.7 Å². The number of hydrogen-bond acceptors (Lipinski definition) is 3. The Morgan fingerprint density at radius 2 is 1.94 bits per heavy atom. The van der Waals surface area contributed by atoms with Crippen molar-refractivity contribution in [3.05, 3.63) is 11.6 Å². The summed E-state index contributed by atoms with van der Waals surface area (Å²) in [7, 11) is 0. The summed E-state index contributed by atoms with van der Waals surface area (Å²) in [6.45, 7) is 6.49. The van der Waals surface area contributed by atoms with E-state index in [4.69, 9.17) is 0 Å². The van der Waals surface area contributed by atoms with Gasteiger partial charge in [0.15, 0.2) is 0 Å². The van der Waals surface area contributed by atoms with Gasteiger partial charge < -0.3 is 9.88 Å². The van der Waals surface area contributed by atoms with Crippen LogP contribution in [0.2, 0.25) is 0 Å². The van der Waals surface area contributed by atoms with Crippen molar-refractivity contribution in [3.8, 4) is 0 Å². The molecule has 1 aliphatic rings. The van der Waals surface area contributed by atoms with Gasteiger partial charge in [0.2, 0.25) is 0 Å². The molecule has 1 aliphatic heterocycles. The number of rotatable bonds is 7. The lowest BCUT2D eigenvalue weighted by molar-refractivity contribution is 0.427. The van der Waals surface area contributed by atoms with Crippen LogP contribution in [0.3, 0.4) is 0 Å². The van der Waals surface area contributed by atoms with Gasteiger partial charge in [0.1, 0.15) is 11.6 Å². The average molecular weight is 250 g/mol. The minimum Gasteiger partial charge on any atom is -0.312 e. The summed E-state index contributed by atoms with van der Waals surface area (Å²) in [5.41, 5.74) is 0. The molecule has 4 heteroatoms. The lowest BCUT2D eigenvalue weighted by atomic mass is 10.1. The number of nitrogens with zero attached hydrogens (tertiary/aromatic N) is 3. The van der Waals surface area contributed by atoms with E-state index in [2.05, 4.69) is 33.9 Å². The molecule has 18 heavy (non-hydrogen) atoms. The Morgan fingerprint density at radius 3 is 2.78 bits per heavy atom. The van der Waals surface area contributed by atoms with Crippen LogP contribution in [0.5, 0.6) is 0 Å². The largest absolute Gasteiger partial charge is 0.312 e. The molecule has 0 fully saturated rings. The Bertz CT molecular complexity index is 359. The highest BCUT2D eigenvalue weighted by Gasteiger charge is 2.20. The number of fused-ring (bicyclic) bond motifs is 1. The summed E-state index contributed by atoms with van der Waals surface area (Å²) in [6.07, 6.45) is 9.12. The summed E-state index contributed by atoms with van der Waals surface area (Å²) in [4.78, 5) is 0. The van der Waals surface area contributed by atoms with E-state index >= 15 is 0 Å². The third-order valence-electron chi connectivity index (χ3n) is 3.78. The Morgan fingerprint density at radius 1 is 1.17 bits per heavy atom. The second-order valence-corrected chi connectivity index (χ2v) is 5.32. The van der Waals surface area contributed by atoms with Crippen LogP contribution in [0.25, 0.3) is 0 Å². The highest BCUT2D eigenvalue weighted by Crippen LogP contribution is 2.17. The van der Waals surface area contributed by atoms with E-state index < -0.39 is 0 Å². The van der Waals surface area contributed by atoms with Gasteiger partial charge in [-0.05, 0) is 13.3 Å². The number of unbranched alkanes of at least 4 members (excludes halogenated alkanes) is 5. The van der Waals surface area contributed by atoms with E-state index in [1.165, 1.54) is 44.3 Å². The molecule has 1 aromatic heterocycles. The molecule has 4 nitrogen and oxygen atoms in total. The van der Waals surface area contributed by atoms with E-state index in [1.807, 2.05) is 0 Å². The molecular weight excluding hydrogens is 224 g/mol. The maximum atomic E-state index is 4.36. The number of aromatic nitrogens is 3. The first-order valence-electron chi connectivity index (χ1n) is 7.48. The molecule has 1 aromatic rings. The molecule has 0 spiro atoms. The molecule has 0 amide bonds. The maximum Gasteiger partial charge on any atom is 0.149 e. The average Bonchev–Trinajstić information content (AvgIpc) is 2.79. The third kappa shape index (κ3) is 3.31. The van der Waals surface area contributed by atoms with Crippen LogP contribution in [-0.4, -0.2) is 21.3 Å². The van der Waals surface area contributed by atoms with Crippen LogP contribution in [0.1, 0.15) is 70.1 Å². The van der Waals surface area contributed by atoms with Crippen molar-refractivity contribution in [2.24, 2.45) is 0 Å². The fourth-order valence-corrected chi connectivity index (χ4v) is 2.65. The van der Waals surface area contributed by atoms with Gasteiger partial charge in [0.05, 0.1) is 6.04 Å². The minimum atomic E-state index is 0.351. The van der Waals surface area contributed by atoms with Crippen LogP contribution in [-0.2, 0) is 13.0 Å². The summed E-state index contributed by atoms with van der Waals surface area (Å²) < 4.78 is 2.31. The SMILES string of the molecule is CCCCCCCCc1nnc2n1CCNC2C. The summed E-state index contributed by atoms with van der Waals surface area (Å²) >= 11 is 0. The van der Waals surface area contributed by atoms with Gasteiger partial charge in [0.25, 0.3) is 0 Å². The lowest BCUT2D eigenvalue weighted by Crippen LogP contribution is -2.32. The molecule has 2 rings (SSSR count). The van der Waals surface area contributed by atoms with E-state index in [0.717, 1.165) is 25.3 Å². The van der Waals surface area contributed by atoms with E-state index in [9.17, 15) is 0 Å². The van der Waals surface area contributed by atoms with Gasteiger partial charge in [-0.2, -0.15) is 0 Å². The quantitative estimate of drug-likeness (QED) is 0.757. The van der Waals surface area contributed by atoms with Crippen LogP contribution in [0, 0.1) is 0 Å². The Kier molecular flexibility index (Phi) is 5.17.